The van der Waals surface area contributed by atoms with E-state index in [4.69, 9.17) is 9.47 Å². The molecule has 1 fully saturated rings. The highest BCUT2D eigenvalue weighted by molar-refractivity contribution is 14.1. The average Bonchev–Trinajstić information content (AvgIpc) is 3.23. The van der Waals surface area contributed by atoms with Gasteiger partial charge in [-0.1, -0.05) is 18.2 Å². The number of likely N-dealkylation sites (tertiary alicyclic amines) is 1. The first kappa shape index (κ1) is 14.8. The Bertz CT molecular complexity index is 762. The van der Waals surface area contributed by atoms with Crippen LogP contribution in [0.4, 0.5) is 0 Å². The van der Waals surface area contributed by atoms with E-state index in [0.29, 0.717) is 12.7 Å². The van der Waals surface area contributed by atoms with Crippen molar-refractivity contribution in [3.63, 3.8) is 0 Å². The van der Waals surface area contributed by atoms with E-state index in [-0.39, 0.29) is 5.91 Å². The predicted molar refractivity (Wildman–Crippen MR) is 95.0 cm³/mol. The largest absolute Gasteiger partial charge is 0.454 e. The van der Waals surface area contributed by atoms with Crippen molar-refractivity contribution >= 4 is 28.5 Å². The maximum atomic E-state index is 12.7. The second-order valence-corrected chi connectivity index (χ2v) is 6.99. The van der Waals surface area contributed by atoms with Gasteiger partial charge in [-0.05, 0) is 58.8 Å². The van der Waals surface area contributed by atoms with Crippen LogP contribution in [-0.2, 0) is 0 Å². The Hall–Kier alpha value is -1.76. The fourth-order valence-corrected chi connectivity index (χ4v) is 3.81. The third-order valence-corrected chi connectivity index (χ3v) is 5.39. The van der Waals surface area contributed by atoms with Crippen molar-refractivity contribution in [3.05, 3.63) is 57.2 Å². The molecule has 118 valence electrons. The zero-order valence-corrected chi connectivity index (χ0v) is 14.7. The van der Waals surface area contributed by atoms with E-state index in [1.165, 1.54) is 5.56 Å². The number of hydrogen-bond donors (Lipinski definition) is 0. The van der Waals surface area contributed by atoms with Gasteiger partial charge in [-0.2, -0.15) is 0 Å². The fraction of sp³-hybridized carbons (Fsp3) is 0.278. The van der Waals surface area contributed by atoms with Gasteiger partial charge >= 0.3 is 0 Å². The summed E-state index contributed by atoms with van der Waals surface area (Å²) in [5.74, 6) is 2.09. The average molecular weight is 421 g/mol. The molecular formula is C18H16INO3. The van der Waals surface area contributed by atoms with Gasteiger partial charge in [0.05, 0.1) is 5.56 Å². The van der Waals surface area contributed by atoms with Crippen LogP contribution in [0.5, 0.6) is 11.5 Å². The topological polar surface area (TPSA) is 38.8 Å². The molecule has 0 aliphatic carbocycles. The van der Waals surface area contributed by atoms with Gasteiger partial charge in [0.1, 0.15) is 0 Å². The summed E-state index contributed by atoms with van der Waals surface area (Å²) in [7, 11) is 0. The molecule has 23 heavy (non-hydrogen) atoms. The summed E-state index contributed by atoms with van der Waals surface area (Å²) >= 11 is 2.22. The number of fused-ring (bicyclic) bond motifs is 1. The Balaban J connectivity index is 1.51. The molecule has 1 atom stereocenters. The lowest BCUT2D eigenvalue weighted by molar-refractivity contribution is 0.0789. The molecule has 0 spiro atoms. The van der Waals surface area contributed by atoms with Gasteiger partial charge in [-0.3, -0.25) is 4.79 Å². The minimum absolute atomic E-state index is 0.123. The van der Waals surface area contributed by atoms with Crippen LogP contribution >= 0.6 is 22.6 Å². The zero-order chi connectivity index (χ0) is 15.8. The number of hydrogen-bond acceptors (Lipinski definition) is 3. The van der Waals surface area contributed by atoms with E-state index < -0.39 is 0 Å². The molecule has 1 saturated heterocycles. The second kappa shape index (κ2) is 6.03. The molecule has 2 aromatic carbocycles. The molecule has 2 aliphatic heterocycles. The van der Waals surface area contributed by atoms with Gasteiger partial charge in [0.25, 0.3) is 5.91 Å². The number of carbonyl (C=O) groups is 1. The maximum absolute atomic E-state index is 12.7. The highest BCUT2D eigenvalue weighted by atomic mass is 127. The molecule has 2 heterocycles. The number of rotatable bonds is 2. The highest BCUT2D eigenvalue weighted by Crippen LogP contribution is 2.37. The Labute approximate surface area is 148 Å². The first-order valence-corrected chi connectivity index (χ1v) is 8.73. The van der Waals surface area contributed by atoms with Crippen LogP contribution in [0, 0.1) is 3.57 Å². The van der Waals surface area contributed by atoms with Crippen LogP contribution in [0.25, 0.3) is 0 Å². The molecule has 4 nitrogen and oxygen atoms in total. The lowest BCUT2D eigenvalue weighted by Crippen LogP contribution is -2.29. The van der Waals surface area contributed by atoms with E-state index in [1.54, 1.807) is 0 Å². The van der Waals surface area contributed by atoms with Crippen molar-refractivity contribution < 1.29 is 14.3 Å². The molecule has 4 rings (SSSR count). The zero-order valence-electron chi connectivity index (χ0n) is 12.5. The Morgan fingerprint density at radius 2 is 1.96 bits per heavy atom. The van der Waals surface area contributed by atoms with Crippen molar-refractivity contribution in [3.8, 4) is 11.5 Å². The van der Waals surface area contributed by atoms with Gasteiger partial charge < -0.3 is 14.4 Å². The van der Waals surface area contributed by atoms with Crippen molar-refractivity contribution in [1.29, 1.82) is 0 Å². The van der Waals surface area contributed by atoms with Gasteiger partial charge in [-0.25, -0.2) is 0 Å². The number of ether oxygens (including phenoxy) is 2. The van der Waals surface area contributed by atoms with Crippen LogP contribution in [-0.4, -0.2) is 30.7 Å². The van der Waals surface area contributed by atoms with Gasteiger partial charge in [0, 0.05) is 22.6 Å². The van der Waals surface area contributed by atoms with E-state index in [0.717, 1.165) is 40.1 Å². The molecule has 0 aromatic heterocycles. The van der Waals surface area contributed by atoms with Crippen molar-refractivity contribution in [1.82, 2.24) is 4.90 Å². The monoisotopic (exact) mass is 421 g/mol. The number of amides is 1. The lowest BCUT2D eigenvalue weighted by Gasteiger charge is -2.17. The van der Waals surface area contributed by atoms with E-state index in [1.807, 2.05) is 41.3 Å². The molecule has 5 heteroatoms. The summed E-state index contributed by atoms with van der Waals surface area (Å²) in [4.78, 5) is 14.7. The molecule has 0 bridgehead atoms. The van der Waals surface area contributed by atoms with E-state index in [9.17, 15) is 4.79 Å². The molecule has 1 unspecified atom stereocenters. The normalized spacial score (nSPS) is 19.2. The van der Waals surface area contributed by atoms with Gasteiger partial charge in [0.15, 0.2) is 11.5 Å². The van der Waals surface area contributed by atoms with Crippen molar-refractivity contribution in [2.75, 3.05) is 19.9 Å². The van der Waals surface area contributed by atoms with Crippen LogP contribution in [0.3, 0.4) is 0 Å². The van der Waals surface area contributed by atoms with Crippen LogP contribution < -0.4 is 9.47 Å². The standard InChI is InChI=1S/C18H16INO3/c19-15-4-2-1-3-14(15)18(21)20-8-7-13(10-20)12-5-6-16-17(9-12)23-11-22-16/h1-6,9,13H,7-8,10-11H2. The highest BCUT2D eigenvalue weighted by Gasteiger charge is 2.29. The number of nitrogens with zero attached hydrogens (tertiary/aromatic N) is 1. The smallest absolute Gasteiger partial charge is 0.254 e. The second-order valence-electron chi connectivity index (χ2n) is 5.83. The summed E-state index contributed by atoms with van der Waals surface area (Å²) in [6.07, 6.45) is 0.981. The first-order valence-electron chi connectivity index (χ1n) is 7.66. The quantitative estimate of drug-likeness (QED) is 0.696. The summed E-state index contributed by atoms with van der Waals surface area (Å²) in [5, 5.41) is 0. The summed E-state index contributed by atoms with van der Waals surface area (Å²) < 4.78 is 11.8. The molecular weight excluding hydrogens is 405 g/mol. The van der Waals surface area contributed by atoms with Crippen molar-refractivity contribution in [2.45, 2.75) is 12.3 Å². The number of benzene rings is 2. The number of carbonyl (C=O) groups excluding carboxylic acids is 1. The molecule has 2 aliphatic rings. The van der Waals surface area contributed by atoms with Gasteiger partial charge in [0.2, 0.25) is 6.79 Å². The third-order valence-electron chi connectivity index (χ3n) is 4.45. The number of halogens is 1. The van der Waals surface area contributed by atoms with Crippen LogP contribution in [0.15, 0.2) is 42.5 Å². The SMILES string of the molecule is O=C(c1ccccc1I)N1CCC(c2ccc3c(c2)OCO3)C1. The minimum Gasteiger partial charge on any atom is -0.454 e. The fourth-order valence-electron chi connectivity index (χ4n) is 3.19. The molecule has 0 radical (unpaired) electrons. The summed E-state index contributed by atoms with van der Waals surface area (Å²) in [6, 6.07) is 13.8. The molecule has 0 N–H and O–H groups in total. The Morgan fingerprint density at radius 3 is 2.83 bits per heavy atom. The minimum atomic E-state index is 0.123. The first-order chi connectivity index (χ1) is 11.2. The van der Waals surface area contributed by atoms with Crippen LogP contribution in [0.2, 0.25) is 0 Å². The third kappa shape index (κ3) is 2.78. The predicted octanol–water partition coefficient (Wildman–Crippen LogP) is 3.65. The van der Waals surface area contributed by atoms with Crippen molar-refractivity contribution in [2.24, 2.45) is 0 Å². The molecule has 1 amide bonds. The Kier molecular flexibility index (Phi) is 3.88. The summed E-state index contributed by atoms with van der Waals surface area (Å²) in [5.41, 5.74) is 2.01. The van der Waals surface area contributed by atoms with Gasteiger partial charge in [-0.15, -0.1) is 0 Å². The lowest BCUT2D eigenvalue weighted by atomic mass is 9.98. The van der Waals surface area contributed by atoms with Crippen LogP contribution in [0.1, 0.15) is 28.3 Å². The maximum Gasteiger partial charge on any atom is 0.254 e. The summed E-state index contributed by atoms with van der Waals surface area (Å²) in [6.45, 7) is 1.84. The molecule has 0 saturated carbocycles. The Morgan fingerprint density at radius 1 is 1.13 bits per heavy atom. The van der Waals surface area contributed by atoms with E-state index in [2.05, 4.69) is 28.7 Å². The molecule has 2 aromatic rings. The van der Waals surface area contributed by atoms with E-state index >= 15 is 0 Å².